The van der Waals surface area contributed by atoms with Gasteiger partial charge in [0.05, 0.1) is 0 Å². The van der Waals surface area contributed by atoms with Crippen LogP contribution in [0.15, 0.2) is 125 Å². The molecule has 0 saturated heterocycles. The molecule has 1 heterocycles. The Balaban J connectivity index is 1.96. The number of hydrogen-bond acceptors (Lipinski definition) is 2. The Morgan fingerprint density at radius 3 is 1.42 bits per heavy atom. The first-order valence-electron chi connectivity index (χ1n) is 10.7. The summed E-state index contributed by atoms with van der Waals surface area (Å²) in [6, 6.07) is 43.8. The van der Waals surface area contributed by atoms with Crippen LogP contribution in [0.25, 0.3) is 10.1 Å². The summed E-state index contributed by atoms with van der Waals surface area (Å²) in [7, 11) is 0. The predicted molar refractivity (Wildman–Crippen MR) is 157 cm³/mol. The molecule has 0 unspecified atom stereocenters. The second kappa shape index (κ2) is 9.52. The average molecular weight is 642 g/mol. The van der Waals surface area contributed by atoms with Gasteiger partial charge in [-0.2, -0.15) is 0 Å². The van der Waals surface area contributed by atoms with E-state index in [1.165, 1.54) is 35.2 Å². The summed E-state index contributed by atoms with van der Waals surface area (Å²) in [6.45, 7) is 0. The molecule has 1 aromatic heterocycles. The number of benzene rings is 4. The minimum absolute atomic E-state index is 0.169. The van der Waals surface area contributed by atoms with E-state index in [9.17, 15) is 0 Å². The van der Waals surface area contributed by atoms with E-state index in [0.29, 0.717) is 0 Å². The summed E-state index contributed by atoms with van der Waals surface area (Å²) < 4.78 is -0.480. The molecule has 0 fully saturated rings. The molecule has 0 aliphatic rings. The maximum atomic E-state index is 5.54. The zero-order chi connectivity index (χ0) is 22.8. The Morgan fingerprint density at radius 2 is 1.03 bits per heavy atom. The molecule has 0 aliphatic heterocycles. The van der Waals surface area contributed by atoms with Crippen LogP contribution < -0.4 is 21.3 Å². The topological polar surface area (TPSA) is 12.9 Å². The summed E-state index contributed by atoms with van der Waals surface area (Å²) in [5.74, 6) is 0. The molecule has 0 saturated carbocycles. The van der Waals surface area contributed by atoms with Crippen LogP contribution in [0.2, 0.25) is 0 Å². The molecule has 0 radical (unpaired) electrons. The number of aromatic nitrogens is 1. The summed E-state index contributed by atoms with van der Waals surface area (Å²) in [5.41, 5.74) is 2.49. The van der Waals surface area contributed by atoms with E-state index in [1.807, 2.05) is 11.8 Å². The van der Waals surface area contributed by atoms with Crippen molar-refractivity contribution in [1.29, 1.82) is 0 Å². The standard InChI is InChI=1S/C28H23INPSSe/c1-32-28-26(30-27(33-28)22-14-6-2-7-15-22)31(29,23-16-8-3-9-17-23,24-18-10-4-11-19-24)25-20-12-5-13-21-25/h2-21H,1H3. The zero-order valence-electron chi connectivity index (χ0n) is 18.1. The fourth-order valence-corrected chi connectivity index (χ4v) is 19.4. The van der Waals surface area contributed by atoms with E-state index in [1.54, 1.807) is 0 Å². The van der Waals surface area contributed by atoms with E-state index in [-0.39, 0.29) is 14.5 Å². The Bertz CT molecular complexity index is 1260. The van der Waals surface area contributed by atoms with Crippen molar-refractivity contribution >= 4 is 73.9 Å². The average Bonchev–Trinajstić information content (AvgIpc) is 3.36. The summed E-state index contributed by atoms with van der Waals surface area (Å²) >= 11 is 4.88. The molecule has 5 aromatic rings. The molecule has 0 spiro atoms. The van der Waals surface area contributed by atoms with Gasteiger partial charge in [0.15, 0.2) is 0 Å². The van der Waals surface area contributed by atoms with Crippen molar-refractivity contribution in [2.75, 3.05) is 6.26 Å². The molecule has 4 aromatic carbocycles. The maximum absolute atomic E-state index is 5.54. The molecule has 5 heteroatoms. The van der Waals surface area contributed by atoms with Gasteiger partial charge >= 0.3 is 220 Å². The third-order valence-corrected chi connectivity index (χ3v) is 21.6. The van der Waals surface area contributed by atoms with Crippen LogP contribution in [0.5, 0.6) is 0 Å². The molecule has 33 heavy (non-hydrogen) atoms. The van der Waals surface area contributed by atoms with E-state index in [4.69, 9.17) is 4.98 Å². The van der Waals surface area contributed by atoms with E-state index in [0.717, 1.165) is 0 Å². The van der Waals surface area contributed by atoms with Gasteiger partial charge in [0.1, 0.15) is 0 Å². The Kier molecular flexibility index (Phi) is 6.66. The van der Waals surface area contributed by atoms with Crippen LogP contribution in [-0.2, 0) is 0 Å². The van der Waals surface area contributed by atoms with Gasteiger partial charge in [-0.3, -0.25) is 0 Å². The molecule has 0 bridgehead atoms. The molecule has 1 nitrogen and oxygen atoms in total. The summed E-state index contributed by atoms with van der Waals surface area (Å²) in [5, 5.41) is 4.03. The molecule has 5 rings (SSSR count). The van der Waals surface area contributed by atoms with Gasteiger partial charge < -0.3 is 0 Å². The van der Waals surface area contributed by atoms with Crippen molar-refractivity contribution < 1.29 is 0 Å². The number of halogens is 1. The van der Waals surface area contributed by atoms with Gasteiger partial charge in [-0.25, -0.2) is 0 Å². The second-order valence-corrected chi connectivity index (χ2v) is 21.0. The molecular formula is C28H23INPSSe. The Morgan fingerprint density at radius 1 is 0.636 bits per heavy atom. The summed E-state index contributed by atoms with van der Waals surface area (Å²) in [4.78, 5) is 5.54. The van der Waals surface area contributed by atoms with Crippen molar-refractivity contribution in [3.8, 4) is 10.1 Å². The molecule has 0 atom stereocenters. The first kappa shape index (κ1) is 23.1. The SMILES string of the molecule is CSc1[se]c(-c2ccccc2)nc1P(I)(c1ccccc1)(c1ccccc1)c1ccccc1. The molecule has 0 aliphatic carbocycles. The number of nitrogens with zero attached hydrogens (tertiary/aromatic N) is 1. The fourth-order valence-electron chi connectivity index (χ4n) is 4.34. The van der Waals surface area contributed by atoms with E-state index < -0.39 is 4.25 Å². The van der Waals surface area contributed by atoms with Gasteiger partial charge in [-0.15, -0.1) is 0 Å². The monoisotopic (exact) mass is 643 g/mol. The van der Waals surface area contributed by atoms with Crippen LogP contribution in [0.1, 0.15) is 0 Å². The van der Waals surface area contributed by atoms with Gasteiger partial charge in [0, 0.05) is 0 Å². The van der Waals surface area contributed by atoms with Crippen LogP contribution in [0, 0.1) is 0 Å². The predicted octanol–water partition coefficient (Wildman–Crippen LogP) is 6.03. The van der Waals surface area contributed by atoms with Crippen LogP contribution >= 0.6 is 38.0 Å². The first-order valence-corrected chi connectivity index (χ1v) is 18.6. The van der Waals surface area contributed by atoms with Gasteiger partial charge in [0.2, 0.25) is 0 Å². The van der Waals surface area contributed by atoms with Crippen LogP contribution in [0.4, 0.5) is 0 Å². The van der Waals surface area contributed by atoms with E-state index >= 15 is 0 Å². The Hall–Kier alpha value is -1.68. The number of hydrogen-bond donors (Lipinski definition) is 0. The second-order valence-electron chi connectivity index (χ2n) is 7.72. The van der Waals surface area contributed by atoms with E-state index in [2.05, 4.69) is 150 Å². The van der Waals surface area contributed by atoms with Crippen molar-refractivity contribution in [2.45, 2.75) is 3.77 Å². The molecule has 0 N–H and O–H groups in total. The molecule has 0 amide bonds. The Labute approximate surface area is 218 Å². The third kappa shape index (κ3) is 3.77. The minimum atomic E-state index is -3.12. The van der Waals surface area contributed by atoms with Crippen LogP contribution in [-0.4, -0.2) is 25.7 Å². The van der Waals surface area contributed by atoms with Gasteiger partial charge in [-0.1, -0.05) is 0 Å². The van der Waals surface area contributed by atoms with Crippen LogP contribution in [0.3, 0.4) is 0 Å². The van der Waals surface area contributed by atoms with Gasteiger partial charge in [-0.05, 0) is 0 Å². The van der Waals surface area contributed by atoms with Crippen molar-refractivity contribution in [3.05, 3.63) is 121 Å². The van der Waals surface area contributed by atoms with Crippen molar-refractivity contribution in [2.24, 2.45) is 0 Å². The van der Waals surface area contributed by atoms with Gasteiger partial charge in [0.25, 0.3) is 0 Å². The zero-order valence-corrected chi connectivity index (χ0v) is 23.7. The quantitative estimate of drug-likeness (QED) is 0.0972. The van der Waals surface area contributed by atoms with Crippen molar-refractivity contribution in [3.63, 3.8) is 0 Å². The van der Waals surface area contributed by atoms with Crippen molar-refractivity contribution in [1.82, 2.24) is 4.98 Å². The fraction of sp³-hybridized carbons (Fsp3) is 0.0357. The molecule has 164 valence electrons. The normalized spacial score (nSPS) is 12.7. The first-order chi connectivity index (χ1) is 16.2. The number of rotatable bonds is 6. The summed E-state index contributed by atoms with van der Waals surface area (Å²) in [6.07, 6.45) is 2.21. The number of thioether (sulfide) groups is 1. The molecular weight excluding hydrogens is 619 g/mol. The third-order valence-electron chi connectivity index (χ3n) is 5.91.